The molecule has 0 aromatic carbocycles. The Balaban J connectivity index is 2.43. The van der Waals surface area contributed by atoms with Crippen LogP contribution < -0.4 is 0 Å². The van der Waals surface area contributed by atoms with Gasteiger partial charge in [-0.1, -0.05) is 0 Å². The molecule has 1 aliphatic heterocycles. The lowest BCUT2D eigenvalue weighted by Crippen LogP contribution is -2.44. The van der Waals surface area contributed by atoms with Crippen molar-refractivity contribution >= 4 is 12.0 Å². The van der Waals surface area contributed by atoms with E-state index in [1.807, 2.05) is 4.90 Å². The first-order valence-electron chi connectivity index (χ1n) is 7.02. The highest BCUT2D eigenvalue weighted by atomic mass is 16.4. The van der Waals surface area contributed by atoms with Crippen molar-refractivity contribution in [3.63, 3.8) is 0 Å². The lowest BCUT2D eigenvalue weighted by atomic mass is 10.3. The largest absolute Gasteiger partial charge is 0.480 e. The Kier molecular flexibility index (Phi) is 6.74. The topological polar surface area (TPSA) is 84.3 Å². The van der Waals surface area contributed by atoms with Gasteiger partial charge in [-0.2, -0.15) is 0 Å². The third-order valence-corrected chi connectivity index (χ3v) is 3.43. The van der Waals surface area contributed by atoms with E-state index in [1.54, 1.807) is 23.8 Å². The van der Waals surface area contributed by atoms with E-state index in [0.29, 0.717) is 39.1 Å². The summed E-state index contributed by atoms with van der Waals surface area (Å²) in [6.07, 6.45) is 0.922. The van der Waals surface area contributed by atoms with Crippen LogP contribution in [0.1, 0.15) is 19.8 Å². The van der Waals surface area contributed by atoms with Gasteiger partial charge in [0, 0.05) is 39.8 Å². The standard InChI is InChI=1S/C13H25N3O4/c1-11(17)4-7-14(2)13(20)16-6-3-5-15(8-9-16)10-12(18)19/h11,17H,3-10H2,1-2H3,(H,18,19). The van der Waals surface area contributed by atoms with Gasteiger partial charge in [0.2, 0.25) is 0 Å². The smallest absolute Gasteiger partial charge is 0.319 e. The first kappa shape index (κ1) is 16.7. The van der Waals surface area contributed by atoms with Crippen LogP contribution in [-0.2, 0) is 4.79 Å². The maximum atomic E-state index is 12.2. The predicted octanol–water partition coefficient (Wildman–Crippen LogP) is -0.0986. The summed E-state index contributed by atoms with van der Waals surface area (Å²) in [6, 6.07) is -0.0529. The van der Waals surface area contributed by atoms with E-state index in [9.17, 15) is 14.7 Å². The highest BCUT2D eigenvalue weighted by molar-refractivity contribution is 5.74. The Morgan fingerprint density at radius 3 is 2.55 bits per heavy atom. The van der Waals surface area contributed by atoms with Crippen molar-refractivity contribution < 1.29 is 19.8 Å². The summed E-state index contributed by atoms with van der Waals surface area (Å²) in [6.45, 7) is 4.73. The molecule has 0 aliphatic carbocycles. The number of aliphatic hydroxyl groups excluding tert-OH is 1. The van der Waals surface area contributed by atoms with E-state index < -0.39 is 12.1 Å². The second-order valence-electron chi connectivity index (χ2n) is 5.35. The monoisotopic (exact) mass is 287 g/mol. The van der Waals surface area contributed by atoms with Crippen molar-refractivity contribution in [2.75, 3.05) is 46.3 Å². The summed E-state index contributed by atoms with van der Waals surface area (Å²) < 4.78 is 0. The number of hydrogen-bond donors (Lipinski definition) is 2. The number of carboxylic acids is 1. The van der Waals surface area contributed by atoms with Gasteiger partial charge < -0.3 is 20.0 Å². The molecule has 1 unspecified atom stereocenters. The minimum atomic E-state index is -0.834. The van der Waals surface area contributed by atoms with Gasteiger partial charge in [0.1, 0.15) is 0 Å². The molecular formula is C13H25N3O4. The normalized spacial score (nSPS) is 18.4. The third kappa shape index (κ3) is 5.75. The van der Waals surface area contributed by atoms with Crippen molar-refractivity contribution in [2.45, 2.75) is 25.9 Å². The van der Waals surface area contributed by atoms with Crippen molar-refractivity contribution in [1.82, 2.24) is 14.7 Å². The molecule has 0 spiro atoms. The summed E-state index contributed by atoms with van der Waals surface area (Å²) in [5.41, 5.74) is 0. The molecule has 116 valence electrons. The molecule has 1 saturated heterocycles. The minimum Gasteiger partial charge on any atom is -0.480 e. The zero-order valence-electron chi connectivity index (χ0n) is 12.3. The lowest BCUT2D eigenvalue weighted by molar-refractivity contribution is -0.138. The SMILES string of the molecule is CC(O)CCN(C)C(=O)N1CCCN(CC(=O)O)CC1. The average molecular weight is 287 g/mol. The van der Waals surface area contributed by atoms with Gasteiger partial charge in [0.25, 0.3) is 0 Å². The number of carboxylic acid groups (broad SMARTS) is 1. The Morgan fingerprint density at radius 2 is 1.95 bits per heavy atom. The summed E-state index contributed by atoms with van der Waals surface area (Å²) in [4.78, 5) is 28.1. The second-order valence-corrected chi connectivity index (χ2v) is 5.35. The molecule has 7 heteroatoms. The molecular weight excluding hydrogens is 262 g/mol. The zero-order valence-corrected chi connectivity index (χ0v) is 12.3. The first-order valence-corrected chi connectivity index (χ1v) is 7.02. The number of hydrogen-bond acceptors (Lipinski definition) is 4. The van der Waals surface area contributed by atoms with E-state index in [4.69, 9.17) is 5.11 Å². The first-order chi connectivity index (χ1) is 9.40. The van der Waals surface area contributed by atoms with Gasteiger partial charge in [0.05, 0.1) is 12.6 Å². The third-order valence-electron chi connectivity index (χ3n) is 3.43. The maximum Gasteiger partial charge on any atom is 0.319 e. The van der Waals surface area contributed by atoms with Crippen molar-refractivity contribution in [3.8, 4) is 0 Å². The molecule has 20 heavy (non-hydrogen) atoms. The molecule has 2 N–H and O–H groups in total. The van der Waals surface area contributed by atoms with Crippen LogP contribution in [0.4, 0.5) is 4.79 Å². The van der Waals surface area contributed by atoms with Gasteiger partial charge in [0.15, 0.2) is 0 Å². The van der Waals surface area contributed by atoms with Gasteiger partial charge in [-0.25, -0.2) is 4.79 Å². The van der Waals surface area contributed by atoms with E-state index in [1.165, 1.54) is 0 Å². The van der Waals surface area contributed by atoms with Crippen molar-refractivity contribution in [3.05, 3.63) is 0 Å². The van der Waals surface area contributed by atoms with E-state index in [-0.39, 0.29) is 12.6 Å². The molecule has 2 amide bonds. The van der Waals surface area contributed by atoms with E-state index in [0.717, 1.165) is 6.42 Å². The Morgan fingerprint density at radius 1 is 1.25 bits per heavy atom. The number of carbonyl (C=O) groups is 2. The van der Waals surface area contributed by atoms with Gasteiger partial charge >= 0.3 is 12.0 Å². The van der Waals surface area contributed by atoms with E-state index >= 15 is 0 Å². The van der Waals surface area contributed by atoms with Crippen LogP contribution in [0, 0.1) is 0 Å². The average Bonchev–Trinajstić information content (AvgIpc) is 2.60. The maximum absolute atomic E-state index is 12.2. The molecule has 0 saturated carbocycles. The summed E-state index contributed by atoms with van der Waals surface area (Å²) in [5.74, 6) is -0.834. The number of carbonyl (C=O) groups excluding carboxylic acids is 1. The fraction of sp³-hybridized carbons (Fsp3) is 0.846. The Hall–Kier alpha value is -1.34. The van der Waals surface area contributed by atoms with Crippen LogP contribution in [0.15, 0.2) is 0 Å². The van der Waals surface area contributed by atoms with Crippen LogP contribution in [0.3, 0.4) is 0 Å². The molecule has 0 aromatic rings. The fourth-order valence-corrected chi connectivity index (χ4v) is 2.23. The number of aliphatic carboxylic acids is 1. The summed E-state index contributed by atoms with van der Waals surface area (Å²) in [7, 11) is 1.73. The number of aliphatic hydroxyl groups is 1. The molecule has 1 aliphatic rings. The summed E-state index contributed by atoms with van der Waals surface area (Å²) >= 11 is 0. The van der Waals surface area contributed by atoms with Crippen LogP contribution in [0.5, 0.6) is 0 Å². The van der Waals surface area contributed by atoms with Gasteiger partial charge in [-0.15, -0.1) is 0 Å². The Bertz CT molecular complexity index is 336. The molecule has 1 fully saturated rings. The molecule has 1 rings (SSSR count). The Labute approximate surface area is 119 Å². The molecule has 1 heterocycles. The molecule has 0 radical (unpaired) electrons. The molecule has 0 aromatic heterocycles. The number of amides is 2. The van der Waals surface area contributed by atoms with Crippen molar-refractivity contribution in [2.24, 2.45) is 0 Å². The van der Waals surface area contributed by atoms with Crippen LogP contribution in [0.2, 0.25) is 0 Å². The van der Waals surface area contributed by atoms with Crippen molar-refractivity contribution in [1.29, 1.82) is 0 Å². The number of nitrogens with zero attached hydrogens (tertiary/aromatic N) is 3. The fourth-order valence-electron chi connectivity index (χ4n) is 2.23. The second kappa shape index (κ2) is 8.06. The minimum absolute atomic E-state index is 0.0277. The number of urea groups is 1. The van der Waals surface area contributed by atoms with E-state index in [2.05, 4.69) is 0 Å². The highest BCUT2D eigenvalue weighted by Gasteiger charge is 2.22. The molecule has 7 nitrogen and oxygen atoms in total. The quantitative estimate of drug-likeness (QED) is 0.738. The molecule has 1 atom stereocenters. The summed E-state index contributed by atoms with van der Waals surface area (Å²) in [5, 5.41) is 18.0. The number of rotatable bonds is 5. The zero-order chi connectivity index (χ0) is 15.1. The lowest BCUT2D eigenvalue weighted by Gasteiger charge is -2.27. The van der Waals surface area contributed by atoms with Crippen LogP contribution in [0.25, 0.3) is 0 Å². The van der Waals surface area contributed by atoms with Gasteiger partial charge in [-0.05, 0) is 19.8 Å². The molecule has 0 bridgehead atoms. The highest BCUT2D eigenvalue weighted by Crippen LogP contribution is 2.06. The predicted molar refractivity (Wildman–Crippen MR) is 74.6 cm³/mol. The van der Waals surface area contributed by atoms with Crippen LogP contribution in [-0.4, -0.2) is 89.3 Å². The van der Waals surface area contributed by atoms with Crippen LogP contribution >= 0.6 is 0 Å². The van der Waals surface area contributed by atoms with Gasteiger partial charge in [-0.3, -0.25) is 9.69 Å².